The smallest absolute Gasteiger partial charge is 0.0371 e. The van der Waals surface area contributed by atoms with Gasteiger partial charge < -0.3 is 10.2 Å². The summed E-state index contributed by atoms with van der Waals surface area (Å²) in [6.45, 7) is 15.7. The average Bonchev–Trinajstić information content (AvgIpc) is 2.85. The van der Waals surface area contributed by atoms with Gasteiger partial charge in [-0.1, -0.05) is 19.9 Å². The first kappa shape index (κ1) is 16.4. The number of rotatable bonds is 4. The van der Waals surface area contributed by atoms with Gasteiger partial charge in [-0.3, -0.25) is 0 Å². The lowest BCUT2D eigenvalue weighted by atomic mass is 10.0. The van der Waals surface area contributed by atoms with Gasteiger partial charge in [0.05, 0.1) is 0 Å². The SMILES string of the molecule is Cc1cc(N2CCCC2C(C)C)ccc1CNC(C)(C)C. The summed E-state index contributed by atoms with van der Waals surface area (Å²) in [5, 5.41) is 3.58. The number of hydrogen-bond acceptors (Lipinski definition) is 2. The first-order valence-corrected chi connectivity index (χ1v) is 8.39. The Hall–Kier alpha value is -1.02. The number of nitrogens with one attached hydrogen (secondary N) is 1. The topological polar surface area (TPSA) is 15.3 Å². The van der Waals surface area contributed by atoms with Crippen molar-refractivity contribution in [1.82, 2.24) is 5.32 Å². The normalized spacial score (nSPS) is 19.6. The van der Waals surface area contributed by atoms with Crippen LogP contribution in [-0.4, -0.2) is 18.1 Å². The van der Waals surface area contributed by atoms with Crippen molar-refractivity contribution in [2.45, 2.75) is 72.5 Å². The highest BCUT2D eigenvalue weighted by Crippen LogP contribution is 2.30. The molecule has 21 heavy (non-hydrogen) atoms. The molecule has 2 rings (SSSR count). The molecule has 2 nitrogen and oxygen atoms in total. The molecule has 0 aromatic heterocycles. The molecule has 1 fully saturated rings. The van der Waals surface area contributed by atoms with E-state index in [0.717, 1.165) is 12.5 Å². The standard InChI is InChI=1S/C19H32N2/c1-14(2)18-8-7-11-21(18)17-10-9-16(15(3)12-17)13-20-19(4,5)6/h9-10,12,14,18,20H,7-8,11,13H2,1-6H3. The minimum Gasteiger partial charge on any atom is -0.368 e. The van der Waals surface area contributed by atoms with Crippen LogP contribution in [0, 0.1) is 12.8 Å². The summed E-state index contributed by atoms with van der Waals surface area (Å²) in [5.74, 6) is 0.732. The second kappa shape index (κ2) is 6.39. The van der Waals surface area contributed by atoms with E-state index in [2.05, 4.69) is 70.0 Å². The lowest BCUT2D eigenvalue weighted by Gasteiger charge is -2.30. The van der Waals surface area contributed by atoms with E-state index in [-0.39, 0.29) is 5.54 Å². The molecule has 0 aliphatic carbocycles. The molecule has 1 saturated heterocycles. The van der Waals surface area contributed by atoms with Crippen LogP contribution in [0.25, 0.3) is 0 Å². The van der Waals surface area contributed by atoms with Crippen molar-refractivity contribution in [3.05, 3.63) is 29.3 Å². The number of benzene rings is 1. The molecule has 2 heteroatoms. The third-order valence-electron chi connectivity index (χ3n) is 4.54. The van der Waals surface area contributed by atoms with Crippen molar-refractivity contribution in [3.63, 3.8) is 0 Å². The van der Waals surface area contributed by atoms with Crippen LogP contribution in [0.15, 0.2) is 18.2 Å². The van der Waals surface area contributed by atoms with Crippen LogP contribution in [0.2, 0.25) is 0 Å². The summed E-state index contributed by atoms with van der Waals surface area (Å²) >= 11 is 0. The molecule has 1 aromatic rings. The van der Waals surface area contributed by atoms with Gasteiger partial charge >= 0.3 is 0 Å². The second-order valence-corrected chi connectivity index (χ2v) is 7.86. The zero-order chi connectivity index (χ0) is 15.6. The number of aryl methyl sites for hydroxylation is 1. The van der Waals surface area contributed by atoms with E-state index in [4.69, 9.17) is 0 Å². The molecule has 118 valence electrons. The Morgan fingerprint density at radius 2 is 2.00 bits per heavy atom. The van der Waals surface area contributed by atoms with E-state index in [9.17, 15) is 0 Å². The van der Waals surface area contributed by atoms with Crippen molar-refractivity contribution >= 4 is 5.69 Å². The first-order valence-electron chi connectivity index (χ1n) is 8.39. The fourth-order valence-electron chi connectivity index (χ4n) is 3.22. The van der Waals surface area contributed by atoms with E-state index in [1.165, 1.54) is 36.2 Å². The summed E-state index contributed by atoms with van der Waals surface area (Å²) in [6, 6.07) is 7.70. The number of hydrogen-bond donors (Lipinski definition) is 1. The summed E-state index contributed by atoms with van der Waals surface area (Å²) in [7, 11) is 0. The molecule has 0 bridgehead atoms. The molecular formula is C19H32N2. The van der Waals surface area contributed by atoms with Crippen molar-refractivity contribution < 1.29 is 0 Å². The minimum atomic E-state index is 0.169. The van der Waals surface area contributed by atoms with Gasteiger partial charge in [-0.05, 0) is 69.7 Å². The maximum atomic E-state index is 3.58. The van der Waals surface area contributed by atoms with Crippen LogP contribution < -0.4 is 10.2 Å². The second-order valence-electron chi connectivity index (χ2n) is 7.86. The van der Waals surface area contributed by atoms with Gasteiger partial charge in [0.2, 0.25) is 0 Å². The Balaban J connectivity index is 2.11. The Bertz CT molecular complexity index is 471. The van der Waals surface area contributed by atoms with E-state index in [1.807, 2.05) is 0 Å². The van der Waals surface area contributed by atoms with Crippen LogP contribution in [0.4, 0.5) is 5.69 Å². The maximum Gasteiger partial charge on any atom is 0.0371 e. The molecule has 0 saturated carbocycles. The summed E-state index contributed by atoms with van der Waals surface area (Å²) in [5.41, 5.74) is 4.39. The fourth-order valence-corrected chi connectivity index (χ4v) is 3.22. The van der Waals surface area contributed by atoms with Crippen LogP contribution in [0.3, 0.4) is 0 Å². The Morgan fingerprint density at radius 3 is 2.57 bits per heavy atom. The van der Waals surface area contributed by atoms with E-state index in [0.29, 0.717) is 6.04 Å². The molecule has 1 N–H and O–H groups in total. The highest BCUT2D eigenvalue weighted by atomic mass is 15.2. The molecule has 0 radical (unpaired) electrons. The highest BCUT2D eigenvalue weighted by molar-refractivity contribution is 5.52. The molecule has 1 atom stereocenters. The van der Waals surface area contributed by atoms with Crippen LogP contribution in [-0.2, 0) is 6.54 Å². The summed E-state index contributed by atoms with van der Waals surface area (Å²) < 4.78 is 0. The predicted octanol–water partition coefficient (Wildman–Crippen LogP) is 4.51. The molecule has 1 unspecified atom stereocenters. The Labute approximate surface area is 130 Å². The predicted molar refractivity (Wildman–Crippen MR) is 93.0 cm³/mol. The maximum absolute atomic E-state index is 3.58. The van der Waals surface area contributed by atoms with E-state index < -0.39 is 0 Å². The number of anilines is 1. The van der Waals surface area contributed by atoms with Gasteiger partial charge in [0.25, 0.3) is 0 Å². The molecule has 1 heterocycles. The molecular weight excluding hydrogens is 256 g/mol. The first-order chi connectivity index (χ1) is 9.78. The molecule has 1 aliphatic rings. The average molecular weight is 288 g/mol. The van der Waals surface area contributed by atoms with Gasteiger partial charge in [-0.2, -0.15) is 0 Å². The minimum absolute atomic E-state index is 0.169. The van der Waals surface area contributed by atoms with Crippen LogP contribution in [0.1, 0.15) is 58.6 Å². The lowest BCUT2D eigenvalue weighted by Crippen LogP contribution is -2.35. The van der Waals surface area contributed by atoms with Crippen molar-refractivity contribution in [2.24, 2.45) is 5.92 Å². The third kappa shape index (κ3) is 4.23. The molecule has 0 spiro atoms. The molecule has 1 aromatic carbocycles. The summed E-state index contributed by atoms with van der Waals surface area (Å²) in [4.78, 5) is 2.61. The highest BCUT2D eigenvalue weighted by Gasteiger charge is 2.27. The van der Waals surface area contributed by atoms with Crippen molar-refractivity contribution in [2.75, 3.05) is 11.4 Å². The third-order valence-corrected chi connectivity index (χ3v) is 4.54. The zero-order valence-electron chi connectivity index (χ0n) is 14.7. The fraction of sp³-hybridized carbons (Fsp3) is 0.684. The largest absolute Gasteiger partial charge is 0.368 e. The van der Waals surface area contributed by atoms with E-state index >= 15 is 0 Å². The van der Waals surface area contributed by atoms with Crippen molar-refractivity contribution in [1.29, 1.82) is 0 Å². The zero-order valence-corrected chi connectivity index (χ0v) is 14.7. The summed E-state index contributed by atoms with van der Waals surface area (Å²) in [6.07, 6.45) is 2.67. The number of nitrogens with zero attached hydrogens (tertiary/aromatic N) is 1. The van der Waals surface area contributed by atoms with Gasteiger partial charge in [0.1, 0.15) is 0 Å². The van der Waals surface area contributed by atoms with Gasteiger partial charge in [-0.15, -0.1) is 0 Å². The van der Waals surface area contributed by atoms with Crippen LogP contribution >= 0.6 is 0 Å². The van der Waals surface area contributed by atoms with Gasteiger partial charge in [0.15, 0.2) is 0 Å². The van der Waals surface area contributed by atoms with Crippen molar-refractivity contribution in [3.8, 4) is 0 Å². The molecule has 0 amide bonds. The van der Waals surface area contributed by atoms with Crippen LogP contribution in [0.5, 0.6) is 0 Å². The quantitative estimate of drug-likeness (QED) is 0.877. The Morgan fingerprint density at radius 1 is 1.29 bits per heavy atom. The lowest BCUT2D eigenvalue weighted by molar-refractivity contribution is 0.424. The Kier molecular flexibility index (Phi) is 4.98. The molecule has 1 aliphatic heterocycles. The van der Waals surface area contributed by atoms with Gasteiger partial charge in [-0.25, -0.2) is 0 Å². The monoisotopic (exact) mass is 288 g/mol. The van der Waals surface area contributed by atoms with E-state index in [1.54, 1.807) is 0 Å². The van der Waals surface area contributed by atoms with Gasteiger partial charge in [0, 0.05) is 30.4 Å².